The van der Waals surface area contributed by atoms with Crippen LogP contribution in [0.5, 0.6) is 5.75 Å². The first-order valence-electron chi connectivity index (χ1n) is 9.24. The lowest BCUT2D eigenvalue weighted by atomic mass is 10.0. The molecule has 2 amide bonds. The number of halogens is 3. The van der Waals surface area contributed by atoms with Gasteiger partial charge in [-0.2, -0.15) is 5.10 Å². The van der Waals surface area contributed by atoms with Crippen molar-refractivity contribution in [1.82, 2.24) is 10.7 Å². The molecule has 0 aliphatic heterocycles. The summed E-state index contributed by atoms with van der Waals surface area (Å²) in [4.78, 5) is 25.1. The minimum absolute atomic E-state index is 0.171. The molecule has 30 heavy (non-hydrogen) atoms. The largest absolute Gasteiger partial charge is 0.493 e. The summed E-state index contributed by atoms with van der Waals surface area (Å²) in [5.74, 6) is -0.355. The number of nitrogens with zero attached hydrogens (tertiary/aromatic N) is 1. The summed E-state index contributed by atoms with van der Waals surface area (Å²) in [6.07, 6.45) is 1.51. The Morgan fingerprint density at radius 2 is 1.93 bits per heavy atom. The van der Waals surface area contributed by atoms with Crippen LogP contribution in [0, 0.1) is 5.92 Å². The van der Waals surface area contributed by atoms with E-state index in [1.54, 1.807) is 6.07 Å². The van der Waals surface area contributed by atoms with Gasteiger partial charge in [0.15, 0.2) is 0 Å². The summed E-state index contributed by atoms with van der Waals surface area (Å²) < 4.78 is 6.25. The number of rotatable bonds is 8. The van der Waals surface area contributed by atoms with E-state index in [1.165, 1.54) is 18.3 Å². The minimum atomic E-state index is -0.798. The summed E-state index contributed by atoms with van der Waals surface area (Å²) in [5, 5.41) is 7.32. The maximum absolute atomic E-state index is 12.6. The normalized spacial score (nSPS) is 12.1. The minimum Gasteiger partial charge on any atom is -0.493 e. The predicted octanol–water partition coefficient (Wildman–Crippen LogP) is 5.06. The Bertz CT molecular complexity index is 951. The van der Waals surface area contributed by atoms with Crippen molar-refractivity contribution in [3.8, 4) is 5.75 Å². The van der Waals surface area contributed by atoms with E-state index in [4.69, 9.17) is 27.9 Å². The van der Waals surface area contributed by atoms with E-state index >= 15 is 0 Å². The first-order chi connectivity index (χ1) is 14.2. The summed E-state index contributed by atoms with van der Waals surface area (Å²) >= 11 is 15.4. The van der Waals surface area contributed by atoms with Crippen molar-refractivity contribution < 1.29 is 14.3 Å². The molecule has 2 rings (SSSR count). The van der Waals surface area contributed by atoms with Crippen LogP contribution in [-0.4, -0.2) is 30.7 Å². The van der Waals surface area contributed by atoms with E-state index in [9.17, 15) is 9.59 Å². The molecule has 9 heteroatoms. The number of benzene rings is 2. The maximum Gasteiger partial charge on any atom is 0.262 e. The highest BCUT2D eigenvalue weighted by atomic mass is 79.9. The lowest BCUT2D eigenvalue weighted by Crippen LogP contribution is -2.48. The molecule has 0 saturated carbocycles. The van der Waals surface area contributed by atoms with E-state index in [2.05, 4.69) is 31.8 Å². The van der Waals surface area contributed by atoms with Gasteiger partial charge in [0, 0.05) is 5.02 Å². The number of carbonyl (C=O) groups excluding carboxylic acids is 2. The number of ether oxygens (including phenoxy) is 1. The second-order valence-electron chi connectivity index (χ2n) is 6.68. The Morgan fingerprint density at radius 3 is 2.53 bits per heavy atom. The van der Waals surface area contributed by atoms with E-state index in [0.717, 1.165) is 15.8 Å². The van der Waals surface area contributed by atoms with Crippen molar-refractivity contribution >= 4 is 57.2 Å². The zero-order valence-electron chi connectivity index (χ0n) is 16.7. The molecule has 0 aromatic heterocycles. The first kappa shape index (κ1) is 24.2. The van der Waals surface area contributed by atoms with Crippen molar-refractivity contribution in [2.75, 3.05) is 6.61 Å². The van der Waals surface area contributed by atoms with Crippen molar-refractivity contribution in [3.63, 3.8) is 0 Å². The monoisotopic (exact) mass is 513 g/mol. The summed E-state index contributed by atoms with van der Waals surface area (Å²) in [7, 11) is 0. The average molecular weight is 515 g/mol. The molecule has 2 aromatic rings. The van der Waals surface area contributed by atoms with Gasteiger partial charge in [0.05, 0.1) is 27.9 Å². The van der Waals surface area contributed by atoms with Gasteiger partial charge in [-0.3, -0.25) is 9.59 Å². The molecule has 2 aromatic carbocycles. The number of carbonyl (C=O) groups is 2. The van der Waals surface area contributed by atoms with Gasteiger partial charge >= 0.3 is 0 Å². The van der Waals surface area contributed by atoms with Crippen LogP contribution < -0.4 is 15.5 Å². The second kappa shape index (κ2) is 11.3. The van der Waals surface area contributed by atoms with Crippen LogP contribution in [0.25, 0.3) is 0 Å². The molecule has 2 N–H and O–H groups in total. The van der Waals surface area contributed by atoms with Crippen LogP contribution in [0.3, 0.4) is 0 Å². The zero-order valence-corrected chi connectivity index (χ0v) is 19.8. The van der Waals surface area contributed by atoms with Crippen LogP contribution in [0.2, 0.25) is 10.0 Å². The third kappa shape index (κ3) is 6.72. The number of hydrogen-bond acceptors (Lipinski definition) is 4. The highest BCUT2D eigenvalue weighted by molar-refractivity contribution is 9.10. The molecule has 160 valence electrons. The van der Waals surface area contributed by atoms with Crippen molar-refractivity contribution in [3.05, 3.63) is 62.0 Å². The predicted molar refractivity (Wildman–Crippen MR) is 124 cm³/mol. The van der Waals surface area contributed by atoms with Gasteiger partial charge in [0.25, 0.3) is 11.8 Å². The Hall–Kier alpha value is -2.09. The molecule has 6 nitrogen and oxygen atoms in total. The molecule has 0 aliphatic rings. The molecule has 1 atom stereocenters. The standard InChI is InChI=1S/C21H22BrCl2N3O3/c1-4-30-18-8-5-13(9-16(18)22)11-25-27-21(29)19(12(2)3)26-20(28)15-7-6-14(23)10-17(15)24/h5-12,19H,4H2,1-3H3,(H,26,28)(H,27,29). The summed E-state index contributed by atoms with van der Waals surface area (Å²) in [5.41, 5.74) is 3.47. The third-order valence-electron chi connectivity index (χ3n) is 4.06. The van der Waals surface area contributed by atoms with Crippen molar-refractivity contribution in [2.45, 2.75) is 26.8 Å². The smallest absolute Gasteiger partial charge is 0.262 e. The molecular formula is C21H22BrCl2N3O3. The first-order valence-corrected chi connectivity index (χ1v) is 10.8. The van der Waals surface area contributed by atoms with E-state index in [0.29, 0.717) is 11.6 Å². The lowest BCUT2D eigenvalue weighted by Gasteiger charge is -2.20. The van der Waals surface area contributed by atoms with Crippen LogP contribution in [0.1, 0.15) is 36.7 Å². The van der Waals surface area contributed by atoms with E-state index in [1.807, 2.05) is 39.0 Å². The second-order valence-corrected chi connectivity index (χ2v) is 8.37. The van der Waals surface area contributed by atoms with Gasteiger partial charge in [-0.25, -0.2) is 5.43 Å². The lowest BCUT2D eigenvalue weighted by molar-refractivity contribution is -0.123. The number of nitrogens with one attached hydrogen (secondary N) is 2. The van der Waals surface area contributed by atoms with Crippen LogP contribution in [0.15, 0.2) is 46.0 Å². The number of hydrogen-bond donors (Lipinski definition) is 2. The molecule has 0 fully saturated rings. The van der Waals surface area contributed by atoms with Crippen LogP contribution in [0.4, 0.5) is 0 Å². The molecular weight excluding hydrogens is 493 g/mol. The molecule has 0 radical (unpaired) electrons. The van der Waals surface area contributed by atoms with Crippen LogP contribution in [-0.2, 0) is 4.79 Å². The summed E-state index contributed by atoms with van der Waals surface area (Å²) in [6, 6.07) is 9.20. The van der Waals surface area contributed by atoms with Crippen LogP contribution >= 0.6 is 39.1 Å². The van der Waals surface area contributed by atoms with Gasteiger partial charge in [0.2, 0.25) is 0 Å². The van der Waals surface area contributed by atoms with Gasteiger partial charge < -0.3 is 10.1 Å². The topological polar surface area (TPSA) is 79.8 Å². The fraction of sp³-hybridized carbons (Fsp3) is 0.286. The fourth-order valence-electron chi connectivity index (χ4n) is 2.54. The van der Waals surface area contributed by atoms with Gasteiger partial charge in [-0.1, -0.05) is 37.0 Å². The van der Waals surface area contributed by atoms with E-state index < -0.39 is 17.9 Å². The quantitative estimate of drug-likeness (QED) is 0.381. The highest BCUT2D eigenvalue weighted by Crippen LogP contribution is 2.25. The summed E-state index contributed by atoms with van der Waals surface area (Å²) in [6.45, 7) is 6.11. The molecule has 0 aliphatic carbocycles. The Labute approximate surface area is 194 Å². The number of hydrazone groups is 1. The third-order valence-corrected chi connectivity index (χ3v) is 5.22. The Balaban J connectivity index is 2.04. The molecule has 0 spiro atoms. The maximum atomic E-state index is 12.6. The van der Waals surface area contributed by atoms with Gasteiger partial charge in [-0.05, 0) is 70.7 Å². The molecule has 0 bridgehead atoms. The molecule has 0 saturated heterocycles. The number of amides is 2. The zero-order chi connectivity index (χ0) is 22.3. The van der Waals surface area contributed by atoms with Crippen molar-refractivity contribution in [2.24, 2.45) is 11.0 Å². The SMILES string of the molecule is CCOc1ccc(C=NNC(=O)C(NC(=O)c2ccc(Cl)cc2Cl)C(C)C)cc1Br. The Kier molecular flexibility index (Phi) is 9.14. The average Bonchev–Trinajstić information content (AvgIpc) is 2.67. The van der Waals surface area contributed by atoms with Gasteiger partial charge in [-0.15, -0.1) is 0 Å². The van der Waals surface area contributed by atoms with Crippen molar-refractivity contribution in [1.29, 1.82) is 0 Å². The fourth-order valence-corrected chi connectivity index (χ4v) is 3.54. The highest BCUT2D eigenvalue weighted by Gasteiger charge is 2.25. The Morgan fingerprint density at radius 1 is 1.20 bits per heavy atom. The molecule has 1 unspecified atom stereocenters. The van der Waals surface area contributed by atoms with Gasteiger partial charge in [0.1, 0.15) is 11.8 Å². The molecule has 0 heterocycles. The van der Waals surface area contributed by atoms with E-state index in [-0.39, 0.29) is 16.5 Å².